The Bertz CT molecular complexity index is 492. The maximum atomic E-state index is 13.2. The van der Waals surface area contributed by atoms with Gasteiger partial charge in [0.1, 0.15) is 5.82 Å². The van der Waals surface area contributed by atoms with E-state index in [2.05, 4.69) is 10.1 Å². The molecule has 0 unspecified atom stereocenters. The third kappa shape index (κ3) is 5.91. The number of halogens is 1. The molecule has 1 aromatic carbocycles. The van der Waals surface area contributed by atoms with E-state index in [-0.39, 0.29) is 17.2 Å². The number of hydrogen-bond acceptors (Lipinski definition) is 4. The first kappa shape index (κ1) is 17.1. The molecule has 0 aliphatic carbocycles. The Balaban J connectivity index is 2.57. The molecule has 0 aliphatic heterocycles. The number of esters is 1. The fourth-order valence-corrected chi connectivity index (χ4v) is 1.90. The molecule has 21 heavy (non-hydrogen) atoms. The maximum Gasteiger partial charge on any atom is 0.340 e. The Labute approximate surface area is 123 Å². The van der Waals surface area contributed by atoms with Gasteiger partial charge in [0.25, 0.3) is 0 Å². The van der Waals surface area contributed by atoms with E-state index in [4.69, 9.17) is 5.73 Å². The van der Waals surface area contributed by atoms with Crippen molar-refractivity contribution in [3.05, 3.63) is 29.6 Å². The van der Waals surface area contributed by atoms with Crippen LogP contribution >= 0.6 is 0 Å². The van der Waals surface area contributed by atoms with Gasteiger partial charge in [0.05, 0.1) is 18.4 Å². The average molecular weight is 296 g/mol. The molecule has 116 valence electrons. The van der Waals surface area contributed by atoms with Gasteiger partial charge >= 0.3 is 5.97 Å². The standard InChI is InChI=1S/C15H21FN2O3/c1-21-15(20)12-10-11(16)7-8-13(12)18-14(19)6-4-2-3-5-9-17/h7-8,10H,2-6,9,17H2,1H3,(H,18,19). The summed E-state index contributed by atoms with van der Waals surface area (Å²) >= 11 is 0. The molecule has 1 rings (SSSR count). The van der Waals surface area contributed by atoms with E-state index in [1.165, 1.54) is 19.2 Å². The normalized spacial score (nSPS) is 10.2. The second-order valence-electron chi connectivity index (χ2n) is 4.68. The number of rotatable bonds is 8. The molecule has 0 aliphatic rings. The van der Waals surface area contributed by atoms with Crippen molar-refractivity contribution in [2.75, 3.05) is 19.0 Å². The molecule has 1 amide bonds. The first-order chi connectivity index (χ1) is 10.1. The molecular weight excluding hydrogens is 275 g/mol. The zero-order valence-corrected chi connectivity index (χ0v) is 12.2. The third-order valence-electron chi connectivity index (χ3n) is 3.02. The number of hydrogen-bond donors (Lipinski definition) is 2. The van der Waals surface area contributed by atoms with Crippen molar-refractivity contribution in [2.24, 2.45) is 5.73 Å². The number of benzene rings is 1. The minimum atomic E-state index is -0.687. The quantitative estimate of drug-likeness (QED) is 0.570. The van der Waals surface area contributed by atoms with Gasteiger partial charge in [0, 0.05) is 6.42 Å². The molecule has 5 nitrogen and oxygen atoms in total. The summed E-state index contributed by atoms with van der Waals surface area (Å²) in [7, 11) is 1.20. The molecule has 0 heterocycles. The van der Waals surface area contributed by atoms with Crippen molar-refractivity contribution in [3.8, 4) is 0 Å². The molecule has 0 radical (unpaired) electrons. The van der Waals surface area contributed by atoms with E-state index >= 15 is 0 Å². The Morgan fingerprint density at radius 1 is 1.24 bits per heavy atom. The SMILES string of the molecule is COC(=O)c1cc(F)ccc1NC(=O)CCCCCCN. The number of carbonyl (C=O) groups excluding carboxylic acids is 2. The molecule has 0 spiro atoms. The van der Waals surface area contributed by atoms with Crippen LogP contribution < -0.4 is 11.1 Å². The predicted octanol–water partition coefficient (Wildman–Crippen LogP) is 2.46. The molecular formula is C15H21FN2O3. The van der Waals surface area contributed by atoms with E-state index < -0.39 is 11.8 Å². The lowest BCUT2D eigenvalue weighted by Crippen LogP contribution is -2.15. The topological polar surface area (TPSA) is 81.4 Å². The number of carbonyl (C=O) groups is 2. The summed E-state index contributed by atoms with van der Waals surface area (Å²) in [5.74, 6) is -1.46. The van der Waals surface area contributed by atoms with Gasteiger partial charge in [0.2, 0.25) is 5.91 Å². The lowest BCUT2D eigenvalue weighted by Gasteiger charge is -2.10. The predicted molar refractivity (Wildman–Crippen MR) is 78.5 cm³/mol. The second kappa shape index (κ2) is 9.07. The second-order valence-corrected chi connectivity index (χ2v) is 4.68. The number of unbranched alkanes of at least 4 members (excludes halogenated alkanes) is 3. The van der Waals surface area contributed by atoms with Crippen LogP contribution in [-0.4, -0.2) is 25.5 Å². The highest BCUT2D eigenvalue weighted by atomic mass is 19.1. The molecule has 3 N–H and O–H groups in total. The average Bonchev–Trinajstić information content (AvgIpc) is 2.48. The molecule has 0 aromatic heterocycles. The molecule has 0 atom stereocenters. The molecule has 6 heteroatoms. The highest BCUT2D eigenvalue weighted by Gasteiger charge is 2.14. The molecule has 0 bridgehead atoms. The highest BCUT2D eigenvalue weighted by molar-refractivity contribution is 6.01. The van der Waals surface area contributed by atoms with Gasteiger partial charge in [-0.2, -0.15) is 0 Å². The summed E-state index contributed by atoms with van der Waals surface area (Å²) in [5.41, 5.74) is 5.66. The minimum absolute atomic E-state index is 0.00832. The summed E-state index contributed by atoms with van der Waals surface area (Å²) in [6, 6.07) is 3.58. The highest BCUT2D eigenvalue weighted by Crippen LogP contribution is 2.18. The monoisotopic (exact) mass is 296 g/mol. The van der Waals surface area contributed by atoms with Crippen LogP contribution in [0.25, 0.3) is 0 Å². The Morgan fingerprint density at radius 3 is 2.62 bits per heavy atom. The Kier molecular flexibility index (Phi) is 7.39. The lowest BCUT2D eigenvalue weighted by molar-refractivity contribution is -0.116. The van der Waals surface area contributed by atoms with Gasteiger partial charge in [-0.25, -0.2) is 9.18 Å². The first-order valence-electron chi connectivity index (χ1n) is 6.96. The van der Waals surface area contributed by atoms with Crippen LogP contribution in [-0.2, 0) is 9.53 Å². The number of ether oxygens (including phenoxy) is 1. The third-order valence-corrected chi connectivity index (χ3v) is 3.02. The number of nitrogens with one attached hydrogen (secondary N) is 1. The summed E-state index contributed by atoms with van der Waals surface area (Å²) in [4.78, 5) is 23.4. The van der Waals surface area contributed by atoms with Gasteiger partial charge in [0.15, 0.2) is 0 Å². The van der Waals surface area contributed by atoms with Crippen molar-refractivity contribution in [2.45, 2.75) is 32.1 Å². The van der Waals surface area contributed by atoms with Crippen molar-refractivity contribution >= 4 is 17.6 Å². The van der Waals surface area contributed by atoms with Crippen molar-refractivity contribution in [1.29, 1.82) is 0 Å². The number of anilines is 1. The van der Waals surface area contributed by atoms with Crippen molar-refractivity contribution in [3.63, 3.8) is 0 Å². The van der Waals surface area contributed by atoms with E-state index in [9.17, 15) is 14.0 Å². The van der Waals surface area contributed by atoms with Crippen LogP contribution in [0.15, 0.2) is 18.2 Å². The molecule has 1 aromatic rings. The van der Waals surface area contributed by atoms with Gasteiger partial charge < -0.3 is 15.8 Å². The number of methoxy groups -OCH3 is 1. The Morgan fingerprint density at radius 2 is 1.95 bits per heavy atom. The van der Waals surface area contributed by atoms with Gasteiger partial charge in [-0.05, 0) is 37.6 Å². The van der Waals surface area contributed by atoms with E-state index in [1.807, 2.05) is 0 Å². The first-order valence-corrected chi connectivity index (χ1v) is 6.96. The molecule has 0 saturated carbocycles. The van der Waals surface area contributed by atoms with Gasteiger partial charge in [-0.3, -0.25) is 4.79 Å². The zero-order valence-electron chi connectivity index (χ0n) is 12.2. The fourth-order valence-electron chi connectivity index (χ4n) is 1.90. The fraction of sp³-hybridized carbons (Fsp3) is 0.467. The van der Waals surface area contributed by atoms with Crippen LogP contribution in [0, 0.1) is 5.82 Å². The van der Waals surface area contributed by atoms with Crippen molar-refractivity contribution in [1.82, 2.24) is 0 Å². The minimum Gasteiger partial charge on any atom is -0.465 e. The van der Waals surface area contributed by atoms with Crippen LogP contribution in [0.5, 0.6) is 0 Å². The molecule has 0 fully saturated rings. The number of amides is 1. The Hall–Kier alpha value is -1.95. The summed E-state index contributed by atoms with van der Waals surface area (Å²) in [6.45, 7) is 0.657. The van der Waals surface area contributed by atoms with Crippen molar-refractivity contribution < 1.29 is 18.7 Å². The smallest absolute Gasteiger partial charge is 0.340 e. The lowest BCUT2D eigenvalue weighted by atomic mass is 10.1. The molecule has 0 saturated heterocycles. The van der Waals surface area contributed by atoms with Gasteiger partial charge in [-0.1, -0.05) is 12.8 Å². The summed E-state index contributed by atoms with van der Waals surface area (Å²) < 4.78 is 17.7. The van der Waals surface area contributed by atoms with Crippen LogP contribution in [0.3, 0.4) is 0 Å². The van der Waals surface area contributed by atoms with E-state index in [0.717, 1.165) is 31.7 Å². The van der Waals surface area contributed by atoms with E-state index in [1.54, 1.807) is 0 Å². The van der Waals surface area contributed by atoms with Gasteiger partial charge in [-0.15, -0.1) is 0 Å². The number of nitrogens with two attached hydrogens (primary N) is 1. The van der Waals surface area contributed by atoms with Crippen LogP contribution in [0.4, 0.5) is 10.1 Å². The zero-order chi connectivity index (χ0) is 15.7. The van der Waals surface area contributed by atoms with E-state index in [0.29, 0.717) is 13.0 Å². The largest absolute Gasteiger partial charge is 0.465 e. The van der Waals surface area contributed by atoms with Crippen LogP contribution in [0.1, 0.15) is 42.5 Å². The summed E-state index contributed by atoms with van der Waals surface area (Å²) in [5, 5.41) is 2.61. The maximum absolute atomic E-state index is 13.2. The van der Waals surface area contributed by atoms with Crippen LogP contribution in [0.2, 0.25) is 0 Å². The summed E-state index contributed by atoms with van der Waals surface area (Å²) in [6.07, 6.45) is 3.97.